The fourth-order valence-electron chi connectivity index (χ4n) is 3.35. The minimum absolute atomic E-state index is 0.151. The Labute approximate surface area is 170 Å². The van der Waals surface area contributed by atoms with Crippen LogP contribution in [0.15, 0.2) is 42.5 Å². The van der Waals surface area contributed by atoms with E-state index in [9.17, 15) is 4.79 Å². The molecule has 1 amide bonds. The minimum atomic E-state index is -0.589. The number of benzene rings is 2. The number of halogens is 1. The molecule has 0 unspecified atom stereocenters. The Balaban J connectivity index is 1.77. The van der Waals surface area contributed by atoms with Crippen LogP contribution < -0.4 is 19.5 Å². The summed E-state index contributed by atoms with van der Waals surface area (Å²) in [6.07, 6.45) is 0.625. The molecule has 150 valence electrons. The first-order valence-corrected chi connectivity index (χ1v) is 9.78. The maximum Gasteiger partial charge on any atom is 0.261 e. The van der Waals surface area contributed by atoms with Gasteiger partial charge in [-0.1, -0.05) is 18.5 Å². The lowest BCUT2D eigenvalue weighted by Crippen LogP contribution is -2.45. The summed E-state index contributed by atoms with van der Waals surface area (Å²) in [6.45, 7) is 5.94. The van der Waals surface area contributed by atoms with Crippen molar-refractivity contribution in [2.24, 2.45) is 0 Å². The molecule has 2 aromatic rings. The molecule has 0 spiro atoms. The average Bonchev–Trinajstić information content (AvgIpc) is 2.66. The van der Waals surface area contributed by atoms with Crippen molar-refractivity contribution in [2.75, 3.05) is 7.11 Å². The van der Waals surface area contributed by atoms with Crippen molar-refractivity contribution in [3.8, 4) is 17.2 Å². The van der Waals surface area contributed by atoms with E-state index in [-0.39, 0.29) is 11.9 Å². The summed E-state index contributed by atoms with van der Waals surface area (Å²) >= 11 is 5.91. The maximum atomic E-state index is 12.9. The van der Waals surface area contributed by atoms with Gasteiger partial charge in [-0.15, -0.1) is 0 Å². The zero-order valence-electron chi connectivity index (χ0n) is 16.6. The first kappa shape index (κ1) is 20.3. The van der Waals surface area contributed by atoms with Gasteiger partial charge >= 0.3 is 0 Å². The van der Waals surface area contributed by atoms with Crippen molar-refractivity contribution in [3.63, 3.8) is 0 Å². The van der Waals surface area contributed by atoms with Crippen molar-refractivity contribution < 1.29 is 19.0 Å². The van der Waals surface area contributed by atoms with Crippen molar-refractivity contribution in [1.29, 1.82) is 0 Å². The molecule has 2 aromatic carbocycles. The van der Waals surface area contributed by atoms with Crippen LogP contribution in [0.1, 0.15) is 45.2 Å². The van der Waals surface area contributed by atoms with Crippen LogP contribution in [0.5, 0.6) is 17.2 Å². The molecule has 0 saturated carbocycles. The number of fused-ring (bicyclic) bond motifs is 1. The summed E-state index contributed by atoms with van der Waals surface area (Å²) in [6, 6.07) is 12.5. The Morgan fingerprint density at radius 2 is 1.93 bits per heavy atom. The summed E-state index contributed by atoms with van der Waals surface area (Å²) in [5.74, 6) is 1.91. The number of hydrogen-bond donors (Lipinski definition) is 1. The molecule has 3 rings (SSSR count). The van der Waals surface area contributed by atoms with Gasteiger partial charge in [-0.3, -0.25) is 4.79 Å². The quantitative estimate of drug-likeness (QED) is 0.743. The Morgan fingerprint density at radius 3 is 2.57 bits per heavy atom. The van der Waals surface area contributed by atoms with Crippen molar-refractivity contribution in [2.45, 2.75) is 51.4 Å². The van der Waals surface area contributed by atoms with Gasteiger partial charge in [0.2, 0.25) is 0 Å². The van der Waals surface area contributed by atoms with Gasteiger partial charge in [0, 0.05) is 23.1 Å². The number of hydrogen-bond acceptors (Lipinski definition) is 4. The molecular weight excluding hydrogens is 378 g/mol. The van der Waals surface area contributed by atoms with E-state index >= 15 is 0 Å². The fraction of sp³-hybridized carbons (Fsp3) is 0.409. The van der Waals surface area contributed by atoms with E-state index in [2.05, 4.69) is 5.32 Å². The molecule has 6 heteroatoms. The SMILES string of the molecule is CC[C@@H](Oc1ccc(Cl)cc1)C(=O)N[C@@H]1CC(C)(C)Oc2cc(OC)ccc21. The van der Waals surface area contributed by atoms with Crippen LogP contribution in [0.3, 0.4) is 0 Å². The third-order valence-electron chi connectivity index (χ3n) is 4.75. The normalized spacial score (nSPS) is 18.4. The highest BCUT2D eigenvalue weighted by Gasteiger charge is 2.36. The predicted molar refractivity (Wildman–Crippen MR) is 109 cm³/mol. The molecule has 1 aliphatic heterocycles. The molecule has 1 N–H and O–H groups in total. The zero-order chi connectivity index (χ0) is 20.3. The lowest BCUT2D eigenvalue weighted by molar-refractivity contribution is -0.129. The molecule has 0 saturated heterocycles. The molecule has 28 heavy (non-hydrogen) atoms. The van der Waals surface area contributed by atoms with Gasteiger partial charge in [-0.2, -0.15) is 0 Å². The van der Waals surface area contributed by atoms with Gasteiger partial charge < -0.3 is 19.5 Å². The standard InChI is InChI=1S/C22H26ClNO4/c1-5-19(27-15-8-6-14(23)7-9-15)21(25)24-18-13-22(2,3)28-20-12-16(26-4)10-11-17(18)20/h6-12,18-19H,5,13H2,1-4H3,(H,24,25)/t18-,19-/m1/s1. The predicted octanol–water partition coefficient (Wildman–Crippen LogP) is 4.92. The zero-order valence-corrected chi connectivity index (χ0v) is 17.4. The van der Waals surface area contributed by atoms with E-state index in [0.29, 0.717) is 23.6 Å². The molecule has 5 nitrogen and oxygen atoms in total. The summed E-state index contributed by atoms with van der Waals surface area (Å²) in [4.78, 5) is 12.9. The van der Waals surface area contributed by atoms with Crippen molar-refractivity contribution >= 4 is 17.5 Å². The number of amides is 1. The smallest absolute Gasteiger partial charge is 0.261 e. The van der Waals surface area contributed by atoms with E-state index < -0.39 is 11.7 Å². The second-order valence-corrected chi connectivity index (χ2v) is 7.94. The van der Waals surface area contributed by atoms with Gasteiger partial charge in [0.1, 0.15) is 22.8 Å². The highest BCUT2D eigenvalue weighted by atomic mass is 35.5. The van der Waals surface area contributed by atoms with E-state index in [1.807, 2.05) is 39.0 Å². The van der Waals surface area contributed by atoms with Crippen molar-refractivity contribution in [3.05, 3.63) is 53.1 Å². The van der Waals surface area contributed by atoms with Gasteiger partial charge in [0.25, 0.3) is 5.91 Å². The van der Waals surface area contributed by atoms with E-state index in [4.69, 9.17) is 25.8 Å². The first-order chi connectivity index (χ1) is 13.3. The van der Waals surface area contributed by atoms with Gasteiger partial charge in [-0.05, 0) is 56.7 Å². The van der Waals surface area contributed by atoms with Gasteiger partial charge in [-0.25, -0.2) is 0 Å². The number of ether oxygens (including phenoxy) is 3. The number of carbonyl (C=O) groups is 1. The lowest BCUT2D eigenvalue weighted by atomic mass is 9.89. The summed E-state index contributed by atoms with van der Waals surface area (Å²) in [5.41, 5.74) is 0.533. The largest absolute Gasteiger partial charge is 0.497 e. The maximum absolute atomic E-state index is 12.9. The Bertz CT molecular complexity index is 835. The van der Waals surface area contributed by atoms with Crippen LogP contribution in [0.25, 0.3) is 0 Å². The second-order valence-electron chi connectivity index (χ2n) is 7.50. The Morgan fingerprint density at radius 1 is 1.25 bits per heavy atom. The number of rotatable bonds is 6. The number of nitrogens with one attached hydrogen (secondary N) is 1. The molecule has 1 aliphatic rings. The van der Waals surface area contributed by atoms with Crippen LogP contribution in [0.2, 0.25) is 5.02 Å². The summed E-state index contributed by atoms with van der Waals surface area (Å²) in [7, 11) is 1.62. The first-order valence-electron chi connectivity index (χ1n) is 9.41. The minimum Gasteiger partial charge on any atom is -0.497 e. The third-order valence-corrected chi connectivity index (χ3v) is 5.00. The molecular formula is C22H26ClNO4. The summed E-state index contributed by atoms with van der Waals surface area (Å²) < 4.78 is 17.3. The summed E-state index contributed by atoms with van der Waals surface area (Å²) in [5, 5.41) is 3.77. The molecule has 2 atom stereocenters. The topological polar surface area (TPSA) is 56.8 Å². The second kappa shape index (κ2) is 8.31. The molecule has 0 aliphatic carbocycles. The molecule has 0 bridgehead atoms. The number of methoxy groups -OCH3 is 1. The van der Waals surface area contributed by atoms with Gasteiger partial charge in [0.15, 0.2) is 6.10 Å². The molecule has 0 fully saturated rings. The van der Waals surface area contributed by atoms with Crippen LogP contribution in [-0.4, -0.2) is 24.7 Å². The van der Waals surface area contributed by atoms with Crippen LogP contribution in [-0.2, 0) is 4.79 Å². The van der Waals surface area contributed by atoms with Gasteiger partial charge in [0.05, 0.1) is 13.2 Å². The monoisotopic (exact) mass is 403 g/mol. The van der Waals surface area contributed by atoms with E-state index in [0.717, 1.165) is 17.1 Å². The third kappa shape index (κ3) is 4.71. The highest BCUT2D eigenvalue weighted by Crippen LogP contribution is 2.41. The Kier molecular flexibility index (Phi) is 6.04. The highest BCUT2D eigenvalue weighted by molar-refractivity contribution is 6.30. The Hall–Kier alpha value is -2.40. The molecule has 0 radical (unpaired) electrons. The molecule has 1 heterocycles. The fourth-order valence-corrected chi connectivity index (χ4v) is 3.48. The van der Waals surface area contributed by atoms with Crippen molar-refractivity contribution in [1.82, 2.24) is 5.32 Å². The van der Waals surface area contributed by atoms with Crippen LogP contribution >= 0.6 is 11.6 Å². The average molecular weight is 404 g/mol. The van der Waals surface area contributed by atoms with E-state index in [1.165, 1.54) is 0 Å². The van der Waals surface area contributed by atoms with E-state index in [1.54, 1.807) is 31.4 Å². The number of carbonyl (C=O) groups excluding carboxylic acids is 1. The van der Waals surface area contributed by atoms with Crippen LogP contribution in [0, 0.1) is 0 Å². The lowest BCUT2D eigenvalue weighted by Gasteiger charge is -2.38. The van der Waals surface area contributed by atoms with Crippen LogP contribution in [0.4, 0.5) is 0 Å². The molecule has 0 aromatic heterocycles.